The van der Waals surface area contributed by atoms with Crippen LogP contribution in [-0.2, 0) is 32.0 Å². The number of nitrogens with one attached hydrogen (secondary N) is 3. The molecule has 338 valence electrons. The van der Waals surface area contributed by atoms with Crippen molar-refractivity contribution >= 4 is 69.9 Å². The van der Waals surface area contributed by atoms with Crippen LogP contribution >= 0.6 is 11.6 Å². The van der Waals surface area contributed by atoms with Gasteiger partial charge in [-0.05, 0) is 79.1 Å². The van der Waals surface area contributed by atoms with E-state index in [0.717, 1.165) is 47.5 Å². The highest BCUT2D eigenvalue weighted by Gasteiger charge is 2.39. The summed E-state index contributed by atoms with van der Waals surface area (Å²) in [5, 5.41) is 40.7. The molecule has 4 heterocycles. The number of rotatable bonds is 4. The lowest BCUT2D eigenvalue weighted by atomic mass is 9.92. The summed E-state index contributed by atoms with van der Waals surface area (Å²) in [4.78, 5) is 55.0. The fourth-order valence-corrected chi connectivity index (χ4v) is 5.62. The Hall–Kier alpha value is -6.97. The Morgan fingerprint density at radius 3 is 1.97 bits per heavy atom. The summed E-state index contributed by atoms with van der Waals surface area (Å²) >= 11 is 6.37. The first-order valence-corrected chi connectivity index (χ1v) is 17.9. The second-order valence-electron chi connectivity index (χ2n) is 12.9. The molecule has 6 N–H and O–H groups in total. The molecule has 4 aromatic rings. The zero-order valence-electron chi connectivity index (χ0n) is 31.7. The zero-order valence-corrected chi connectivity index (χ0v) is 32.4. The lowest BCUT2D eigenvalue weighted by Gasteiger charge is -2.34. The number of nitrogens with zero attached hydrogens (tertiary/aromatic N) is 5. The number of hydrogen-bond acceptors (Lipinski definition) is 11. The summed E-state index contributed by atoms with van der Waals surface area (Å²) in [5.74, 6) is -7.77. The molecule has 2 aliphatic heterocycles. The number of pyridine rings is 1. The molecule has 0 spiro atoms. The molecule has 0 saturated carbocycles. The predicted octanol–water partition coefficient (Wildman–Crippen LogP) is 8.27. The largest absolute Gasteiger partial charge is 0.490 e. The molecular formula is C37H31ClF10N8O7. The highest BCUT2D eigenvalue weighted by atomic mass is 35.5. The summed E-state index contributed by atoms with van der Waals surface area (Å²) in [6, 6.07) is 14.5. The Labute approximate surface area is 353 Å². The van der Waals surface area contributed by atoms with Crippen LogP contribution in [0.5, 0.6) is 0 Å². The molecule has 6 rings (SSSR count). The van der Waals surface area contributed by atoms with Crippen molar-refractivity contribution in [2.45, 2.75) is 50.6 Å². The van der Waals surface area contributed by atoms with Crippen LogP contribution in [0.2, 0.25) is 5.02 Å². The Morgan fingerprint density at radius 1 is 0.825 bits per heavy atom. The third-order valence-electron chi connectivity index (χ3n) is 8.38. The van der Waals surface area contributed by atoms with Crippen molar-refractivity contribution in [1.29, 1.82) is 5.26 Å². The van der Waals surface area contributed by atoms with E-state index in [1.54, 1.807) is 18.3 Å². The molecular weight excluding hydrogens is 894 g/mol. The van der Waals surface area contributed by atoms with Crippen LogP contribution in [-0.4, -0.2) is 85.7 Å². The van der Waals surface area contributed by atoms with Gasteiger partial charge in [0.2, 0.25) is 11.9 Å². The molecule has 0 aliphatic carbocycles. The van der Waals surface area contributed by atoms with Crippen LogP contribution in [0.4, 0.5) is 78.4 Å². The van der Waals surface area contributed by atoms with Gasteiger partial charge in [0, 0.05) is 37.1 Å². The number of carbonyl (C=O) groups is 4. The second-order valence-corrected chi connectivity index (χ2v) is 13.3. The van der Waals surface area contributed by atoms with Gasteiger partial charge in [-0.2, -0.15) is 49.8 Å². The van der Waals surface area contributed by atoms with Crippen molar-refractivity contribution in [3.8, 4) is 6.07 Å². The number of carboxylic acids is 3. The molecule has 6 bridgehead atoms. The first-order chi connectivity index (χ1) is 29.3. The zero-order chi connectivity index (χ0) is 47.3. The maximum absolute atomic E-state index is 14.1. The number of anilines is 6. The number of halogens is 11. The summed E-state index contributed by atoms with van der Waals surface area (Å²) in [6.07, 6.45) is -6.82. The molecule has 63 heavy (non-hydrogen) atoms. The minimum Gasteiger partial charge on any atom is -0.475 e. The number of aromatic nitrogens is 3. The Bertz CT molecular complexity index is 2260. The van der Waals surface area contributed by atoms with Gasteiger partial charge in [0.15, 0.2) is 5.82 Å². The number of carbonyl (C=O) groups excluding carboxylic acids is 1. The Kier molecular flexibility index (Phi) is 17.4. The lowest BCUT2D eigenvalue weighted by molar-refractivity contribution is -0.193. The van der Waals surface area contributed by atoms with Crippen molar-refractivity contribution in [3.63, 3.8) is 0 Å². The van der Waals surface area contributed by atoms with Crippen LogP contribution in [0.15, 0.2) is 61.1 Å². The van der Waals surface area contributed by atoms with Crippen molar-refractivity contribution in [1.82, 2.24) is 15.0 Å². The minimum absolute atomic E-state index is 0.0480. The van der Waals surface area contributed by atoms with Gasteiger partial charge in [-0.25, -0.2) is 23.8 Å². The SMILES string of the molecule is N#Cc1c(F)cccc1N1CCC(CC(=O)Nc2ccc3cc2CCc2cncc(c2)Nc2ncc(Cl)c(n2)N3)CC1.O=C(O)C(F)(F)F.O=C(O)C(F)(F)F.O=C(O)C(F)(F)F. The number of aryl methyl sites for hydroxylation is 2. The van der Waals surface area contributed by atoms with E-state index in [0.29, 0.717) is 48.4 Å². The highest BCUT2D eigenvalue weighted by molar-refractivity contribution is 6.32. The van der Waals surface area contributed by atoms with Gasteiger partial charge in [-0.3, -0.25) is 9.78 Å². The number of benzene rings is 2. The summed E-state index contributed by atoms with van der Waals surface area (Å²) < 4.78 is 109. The average molecular weight is 925 g/mol. The number of alkyl halides is 9. The third kappa shape index (κ3) is 16.1. The first-order valence-electron chi connectivity index (χ1n) is 17.6. The minimum atomic E-state index is -5.08. The van der Waals surface area contributed by atoms with Crippen molar-refractivity contribution in [3.05, 3.63) is 88.6 Å². The molecule has 1 amide bonds. The van der Waals surface area contributed by atoms with Crippen molar-refractivity contribution in [2.75, 3.05) is 33.9 Å². The second kappa shape index (κ2) is 21.7. The average Bonchev–Trinajstić information content (AvgIpc) is 3.19. The topological polar surface area (TPSA) is 231 Å². The Morgan fingerprint density at radius 2 is 1.41 bits per heavy atom. The fourth-order valence-electron chi connectivity index (χ4n) is 5.48. The smallest absolute Gasteiger partial charge is 0.475 e. The lowest BCUT2D eigenvalue weighted by Crippen LogP contribution is -2.35. The molecule has 0 unspecified atom stereocenters. The number of aliphatic carboxylic acids is 3. The maximum atomic E-state index is 14.1. The highest BCUT2D eigenvalue weighted by Crippen LogP contribution is 2.32. The number of hydrogen-bond donors (Lipinski definition) is 6. The number of nitriles is 1. The van der Waals surface area contributed by atoms with Crippen molar-refractivity contribution in [2.24, 2.45) is 5.92 Å². The standard InChI is InChI=1S/C31H28ClFN8O.3C2HF3O2/c32-25-18-36-31-38-23-12-20(16-35-17-23)4-5-21-14-22(37-30(25)40-31)6-7-27(21)39-29(42)13-19-8-10-41(11-9-19)28-3-1-2-26(33)24(28)15-34;3*3-2(4,5)1(6)7/h1-3,6-7,12,14,16-19H,4-5,8-11,13H2,(H,39,42)(H2,36,37,38,40);3*(H,6,7). The molecule has 2 aromatic carbocycles. The van der Waals surface area contributed by atoms with Crippen LogP contribution in [0, 0.1) is 23.1 Å². The van der Waals surface area contributed by atoms with Gasteiger partial charge in [0.1, 0.15) is 22.5 Å². The van der Waals surface area contributed by atoms with Gasteiger partial charge in [0.25, 0.3) is 0 Å². The van der Waals surface area contributed by atoms with Gasteiger partial charge < -0.3 is 36.2 Å². The maximum Gasteiger partial charge on any atom is 0.490 e. The first kappa shape index (κ1) is 50.4. The van der Waals surface area contributed by atoms with E-state index in [2.05, 4.69) is 30.9 Å². The van der Waals surface area contributed by atoms with Crippen LogP contribution in [0.25, 0.3) is 0 Å². The predicted molar refractivity (Wildman–Crippen MR) is 202 cm³/mol. The molecule has 26 heteroatoms. The monoisotopic (exact) mass is 924 g/mol. The van der Waals surface area contributed by atoms with E-state index in [1.165, 1.54) is 12.3 Å². The normalized spacial score (nSPS) is 13.6. The molecule has 0 atom stereocenters. The summed E-state index contributed by atoms with van der Waals surface area (Å²) in [7, 11) is 0. The van der Waals surface area contributed by atoms with E-state index in [1.807, 2.05) is 41.4 Å². The van der Waals surface area contributed by atoms with Crippen LogP contribution in [0.1, 0.15) is 36.0 Å². The molecule has 1 fully saturated rings. The molecule has 0 radical (unpaired) electrons. The number of piperidine rings is 1. The van der Waals surface area contributed by atoms with E-state index >= 15 is 0 Å². The van der Waals surface area contributed by atoms with Gasteiger partial charge in [0.05, 0.1) is 23.8 Å². The van der Waals surface area contributed by atoms with Gasteiger partial charge in [-0.15, -0.1) is 0 Å². The van der Waals surface area contributed by atoms with E-state index in [9.17, 15) is 54.0 Å². The van der Waals surface area contributed by atoms with Gasteiger partial charge >= 0.3 is 36.4 Å². The quantitative estimate of drug-likeness (QED) is 0.106. The fraction of sp³-hybridized carbons (Fsp3) is 0.297. The number of fused-ring (bicyclic) bond motifs is 6. The number of amides is 1. The summed E-state index contributed by atoms with van der Waals surface area (Å²) in [6.45, 7) is 1.33. The van der Waals surface area contributed by atoms with Crippen molar-refractivity contribution < 1.29 is 78.4 Å². The van der Waals surface area contributed by atoms with Crippen LogP contribution in [0.3, 0.4) is 0 Å². The third-order valence-corrected chi connectivity index (χ3v) is 8.66. The number of carboxylic acid groups (broad SMARTS) is 3. The summed E-state index contributed by atoms with van der Waals surface area (Å²) in [5.41, 5.74) is 5.02. The van der Waals surface area contributed by atoms with Gasteiger partial charge in [-0.1, -0.05) is 17.7 Å². The molecule has 2 aromatic heterocycles. The molecule has 15 nitrogen and oxygen atoms in total. The Balaban J connectivity index is 0.000000416. The van der Waals surface area contributed by atoms with E-state index < -0.39 is 42.3 Å². The van der Waals surface area contributed by atoms with Crippen LogP contribution < -0.4 is 20.9 Å². The molecule has 2 aliphatic rings. The van der Waals surface area contributed by atoms with E-state index in [4.69, 9.17) is 41.3 Å². The van der Waals surface area contributed by atoms with E-state index in [-0.39, 0.29) is 17.4 Å². The molecule has 1 saturated heterocycles.